The number of amides is 1. The highest BCUT2D eigenvalue weighted by Gasteiger charge is 2.32. The van der Waals surface area contributed by atoms with E-state index in [2.05, 4.69) is 0 Å². The highest BCUT2D eigenvalue weighted by atomic mass is 19.4. The second-order valence-corrected chi connectivity index (χ2v) is 5.46. The zero-order valence-electron chi connectivity index (χ0n) is 11.7. The maximum absolute atomic E-state index is 12.4. The van der Waals surface area contributed by atoms with E-state index >= 15 is 0 Å². The van der Waals surface area contributed by atoms with Crippen molar-refractivity contribution in [1.29, 1.82) is 0 Å². The summed E-state index contributed by atoms with van der Waals surface area (Å²) in [5, 5.41) is 0. The van der Waals surface area contributed by atoms with Gasteiger partial charge in [-0.3, -0.25) is 4.79 Å². The summed E-state index contributed by atoms with van der Waals surface area (Å²) in [5.74, 6) is 0.0141. The van der Waals surface area contributed by atoms with Crippen molar-refractivity contribution in [2.24, 2.45) is 11.7 Å². The lowest BCUT2D eigenvalue weighted by molar-refractivity contribution is -0.136. The molecule has 0 saturated heterocycles. The van der Waals surface area contributed by atoms with Gasteiger partial charge < -0.3 is 10.6 Å². The molecule has 1 aromatic carbocycles. The lowest BCUT2D eigenvalue weighted by Crippen LogP contribution is -2.35. The summed E-state index contributed by atoms with van der Waals surface area (Å²) in [6.45, 7) is 0.499. The van der Waals surface area contributed by atoms with E-state index in [-0.39, 0.29) is 12.5 Å². The molecule has 0 heterocycles. The van der Waals surface area contributed by atoms with Crippen molar-refractivity contribution in [3.8, 4) is 0 Å². The van der Waals surface area contributed by atoms with Crippen LogP contribution in [-0.2, 0) is 6.54 Å². The van der Waals surface area contributed by atoms with Crippen LogP contribution in [-0.4, -0.2) is 30.1 Å². The first kappa shape index (κ1) is 15.8. The predicted molar refractivity (Wildman–Crippen MR) is 73.6 cm³/mol. The van der Waals surface area contributed by atoms with Gasteiger partial charge in [0, 0.05) is 25.2 Å². The number of rotatable bonds is 6. The smallest absolute Gasteiger partial charge is 0.338 e. The molecule has 1 amide bonds. The van der Waals surface area contributed by atoms with Crippen molar-refractivity contribution in [3.63, 3.8) is 0 Å². The molecule has 1 saturated carbocycles. The lowest BCUT2D eigenvalue weighted by atomic mass is 10.1. The van der Waals surface area contributed by atoms with Crippen molar-refractivity contribution >= 4 is 5.91 Å². The monoisotopic (exact) mass is 300 g/mol. The Kier molecular flexibility index (Phi) is 4.88. The Labute approximate surface area is 121 Å². The fourth-order valence-electron chi connectivity index (χ4n) is 2.12. The van der Waals surface area contributed by atoms with Gasteiger partial charge in [0.15, 0.2) is 0 Å². The maximum Gasteiger partial charge on any atom is 0.390 e. The Morgan fingerprint density at radius 1 is 1.24 bits per heavy atom. The van der Waals surface area contributed by atoms with Crippen LogP contribution in [0.2, 0.25) is 0 Å². The van der Waals surface area contributed by atoms with E-state index in [0.29, 0.717) is 24.6 Å². The fourth-order valence-corrected chi connectivity index (χ4v) is 2.12. The molecule has 0 aliphatic heterocycles. The van der Waals surface area contributed by atoms with Crippen molar-refractivity contribution < 1.29 is 18.0 Å². The summed E-state index contributed by atoms with van der Waals surface area (Å²) in [7, 11) is 0. The van der Waals surface area contributed by atoms with Gasteiger partial charge in [0.1, 0.15) is 0 Å². The topological polar surface area (TPSA) is 46.3 Å². The van der Waals surface area contributed by atoms with Gasteiger partial charge in [0.25, 0.3) is 5.91 Å². The Balaban J connectivity index is 2.04. The van der Waals surface area contributed by atoms with Crippen LogP contribution in [0.15, 0.2) is 24.3 Å². The van der Waals surface area contributed by atoms with Crippen molar-refractivity contribution in [2.75, 3.05) is 13.1 Å². The molecule has 2 rings (SSSR count). The predicted octanol–water partition coefficient (Wildman–Crippen LogP) is 2.95. The molecule has 0 spiro atoms. The van der Waals surface area contributed by atoms with Gasteiger partial charge in [-0.25, -0.2) is 0 Å². The quantitative estimate of drug-likeness (QED) is 0.878. The van der Waals surface area contributed by atoms with Gasteiger partial charge in [0.05, 0.1) is 6.42 Å². The second-order valence-electron chi connectivity index (χ2n) is 5.46. The molecule has 1 aliphatic rings. The summed E-state index contributed by atoms with van der Waals surface area (Å²) in [6.07, 6.45) is -3.23. The molecule has 0 bridgehead atoms. The third kappa shape index (κ3) is 5.04. The SMILES string of the molecule is NCc1ccc(C(=O)N(CCC(F)(F)F)CC2CC2)cc1. The van der Waals surface area contributed by atoms with E-state index in [1.54, 1.807) is 24.3 Å². The minimum atomic E-state index is -4.24. The summed E-state index contributed by atoms with van der Waals surface area (Å²) in [5.41, 5.74) is 6.78. The van der Waals surface area contributed by atoms with Gasteiger partial charge in [-0.2, -0.15) is 13.2 Å². The zero-order valence-corrected chi connectivity index (χ0v) is 11.7. The third-order valence-electron chi connectivity index (χ3n) is 3.56. The molecule has 116 valence electrons. The van der Waals surface area contributed by atoms with E-state index in [9.17, 15) is 18.0 Å². The summed E-state index contributed by atoms with van der Waals surface area (Å²) in [6, 6.07) is 6.70. The van der Waals surface area contributed by atoms with Crippen LogP contribution in [0, 0.1) is 5.92 Å². The van der Waals surface area contributed by atoms with E-state index < -0.39 is 12.6 Å². The first-order valence-corrected chi connectivity index (χ1v) is 7.04. The Bertz CT molecular complexity index is 481. The largest absolute Gasteiger partial charge is 0.390 e. The van der Waals surface area contributed by atoms with Crippen molar-refractivity contribution in [2.45, 2.75) is 32.0 Å². The number of halogens is 3. The molecule has 0 atom stereocenters. The molecule has 1 fully saturated rings. The first-order valence-electron chi connectivity index (χ1n) is 7.04. The number of hydrogen-bond acceptors (Lipinski definition) is 2. The van der Waals surface area contributed by atoms with Crippen LogP contribution in [0.25, 0.3) is 0 Å². The average molecular weight is 300 g/mol. The molecule has 6 heteroatoms. The summed E-state index contributed by atoms with van der Waals surface area (Å²) >= 11 is 0. The van der Waals surface area contributed by atoms with Gasteiger partial charge in [-0.15, -0.1) is 0 Å². The number of nitrogens with two attached hydrogens (primary N) is 1. The van der Waals surface area contributed by atoms with Crippen LogP contribution in [0.1, 0.15) is 35.2 Å². The minimum absolute atomic E-state index is 0.280. The number of carbonyl (C=O) groups excluding carboxylic acids is 1. The minimum Gasteiger partial charge on any atom is -0.338 e. The number of nitrogens with zero attached hydrogens (tertiary/aromatic N) is 1. The standard InChI is InChI=1S/C15H19F3N2O/c16-15(17,18)7-8-20(10-12-1-2-12)14(21)13-5-3-11(9-19)4-6-13/h3-6,12H,1-2,7-10,19H2. The van der Waals surface area contributed by atoms with Crippen molar-refractivity contribution in [1.82, 2.24) is 4.90 Å². The Morgan fingerprint density at radius 3 is 2.33 bits per heavy atom. The average Bonchev–Trinajstić information content (AvgIpc) is 3.26. The van der Waals surface area contributed by atoms with Gasteiger partial charge in [-0.1, -0.05) is 12.1 Å². The normalized spacial score (nSPS) is 15.0. The second kappa shape index (κ2) is 6.47. The highest BCUT2D eigenvalue weighted by molar-refractivity contribution is 5.94. The molecule has 3 nitrogen and oxygen atoms in total. The number of hydrogen-bond donors (Lipinski definition) is 1. The zero-order chi connectivity index (χ0) is 15.5. The number of benzene rings is 1. The van der Waals surface area contributed by atoms with Crippen LogP contribution < -0.4 is 5.73 Å². The molecule has 1 aromatic rings. The Hall–Kier alpha value is -1.56. The van der Waals surface area contributed by atoms with Gasteiger partial charge in [-0.05, 0) is 36.5 Å². The van der Waals surface area contributed by atoms with Crippen molar-refractivity contribution in [3.05, 3.63) is 35.4 Å². The highest BCUT2D eigenvalue weighted by Crippen LogP contribution is 2.31. The van der Waals surface area contributed by atoms with Gasteiger partial charge in [0.2, 0.25) is 0 Å². The molecule has 0 radical (unpaired) electrons. The van der Waals surface area contributed by atoms with Crippen LogP contribution in [0.3, 0.4) is 0 Å². The molecule has 1 aliphatic carbocycles. The molecule has 0 unspecified atom stereocenters. The number of alkyl halides is 3. The molecule has 21 heavy (non-hydrogen) atoms. The van der Waals surface area contributed by atoms with Crippen LogP contribution >= 0.6 is 0 Å². The van der Waals surface area contributed by atoms with Gasteiger partial charge >= 0.3 is 6.18 Å². The molecular formula is C15H19F3N2O. The molecular weight excluding hydrogens is 281 g/mol. The van der Waals surface area contributed by atoms with Crippen LogP contribution in [0.4, 0.5) is 13.2 Å². The fraction of sp³-hybridized carbons (Fsp3) is 0.533. The summed E-state index contributed by atoms with van der Waals surface area (Å²) < 4.78 is 37.1. The summed E-state index contributed by atoms with van der Waals surface area (Å²) in [4.78, 5) is 13.7. The first-order chi connectivity index (χ1) is 9.89. The van der Waals surface area contributed by atoms with E-state index in [1.807, 2.05) is 0 Å². The Morgan fingerprint density at radius 2 is 1.86 bits per heavy atom. The van der Waals surface area contributed by atoms with Crippen LogP contribution in [0.5, 0.6) is 0 Å². The van der Waals surface area contributed by atoms with E-state index in [1.165, 1.54) is 4.90 Å². The van der Waals surface area contributed by atoms with E-state index in [0.717, 1.165) is 18.4 Å². The third-order valence-corrected chi connectivity index (χ3v) is 3.56. The van der Waals surface area contributed by atoms with E-state index in [4.69, 9.17) is 5.73 Å². The lowest BCUT2D eigenvalue weighted by Gasteiger charge is -2.23. The maximum atomic E-state index is 12.4. The molecule has 2 N–H and O–H groups in total. The number of carbonyl (C=O) groups is 1. The molecule has 0 aromatic heterocycles.